The average Bonchev–Trinajstić information content (AvgIpc) is 2.60. The van der Waals surface area contributed by atoms with Gasteiger partial charge in [-0.05, 0) is 59.5 Å². The van der Waals surface area contributed by atoms with Crippen molar-refractivity contribution in [3.05, 3.63) is 58.0 Å². The predicted molar refractivity (Wildman–Crippen MR) is 115 cm³/mol. The molecule has 5 nitrogen and oxygen atoms in total. The highest BCUT2D eigenvalue weighted by molar-refractivity contribution is 9.10. The van der Waals surface area contributed by atoms with Crippen LogP contribution in [0.1, 0.15) is 48.4 Å². The number of benzene rings is 1. The number of nitrogens with zero attached hydrogens (tertiary/aromatic N) is 4. The highest BCUT2D eigenvalue weighted by atomic mass is 79.9. The van der Waals surface area contributed by atoms with Gasteiger partial charge in [0.05, 0.1) is 5.69 Å². The van der Waals surface area contributed by atoms with Crippen LogP contribution in [0.15, 0.2) is 41.0 Å². The maximum atomic E-state index is 12.5. The lowest BCUT2D eigenvalue weighted by molar-refractivity contribution is 0.104. The fourth-order valence-corrected chi connectivity index (χ4v) is 3.23. The summed E-state index contributed by atoms with van der Waals surface area (Å²) >= 11 is 3.68. The Morgan fingerprint density at radius 2 is 1.93 bits per heavy atom. The van der Waals surface area contributed by atoms with E-state index in [0.29, 0.717) is 24.1 Å². The minimum atomic E-state index is -0.138. The highest BCUT2D eigenvalue weighted by Crippen LogP contribution is 2.33. The van der Waals surface area contributed by atoms with Gasteiger partial charge in [-0.2, -0.15) is 0 Å². The van der Waals surface area contributed by atoms with Crippen molar-refractivity contribution in [2.75, 3.05) is 25.5 Å². The van der Waals surface area contributed by atoms with Crippen molar-refractivity contribution in [1.82, 2.24) is 14.9 Å². The predicted octanol–water partition coefficient (Wildman–Crippen LogP) is 5.09. The van der Waals surface area contributed by atoms with Crippen molar-refractivity contribution < 1.29 is 4.79 Å². The van der Waals surface area contributed by atoms with Gasteiger partial charge in [-0.1, -0.05) is 19.9 Å². The van der Waals surface area contributed by atoms with Gasteiger partial charge in [-0.15, -0.1) is 0 Å². The molecule has 0 atom stereocenters. The lowest BCUT2D eigenvalue weighted by Crippen LogP contribution is -2.21. The van der Waals surface area contributed by atoms with Gasteiger partial charge in [0.25, 0.3) is 0 Å². The van der Waals surface area contributed by atoms with Crippen LogP contribution in [-0.2, 0) is 0 Å². The Morgan fingerprint density at radius 1 is 1.22 bits per heavy atom. The minimum absolute atomic E-state index is 0.138. The maximum Gasteiger partial charge on any atom is 0.230 e. The molecule has 0 saturated heterocycles. The molecule has 1 aromatic carbocycles. The molecule has 1 aromatic heterocycles. The first kappa shape index (κ1) is 21.1. The summed E-state index contributed by atoms with van der Waals surface area (Å²) in [6.07, 6.45) is 3.24. The van der Waals surface area contributed by atoms with E-state index >= 15 is 0 Å². The second-order valence-corrected chi connectivity index (χ2v) is 7.80. The quantitative estimate of drug-likeness (QED) is 0.452. The van der Waals surface area contributed by atoms with Crippen molar-refractivity contribution in [2.45, 2.75) is 33.6 Å². The third-order valence-electron chi connectivity index (χ3n) is 4.11. The lowest BCUT2D eigenvalue weighted by Gasteiger charge is -2.23. The normalized spacial score (nSPS) is 11.3. The zero-order chi connectivity index (χ0) is 20.1. The number of rotatable bonds is 7. The summed E-state index contributed by atoms with van der Waals surface area (Å²) < 4.78 is 0.987. The summed E-state index contributed by atoms with van der Waals surface area (Å²) in [5.41, 5.74) is 3.39. The molecule has 0 aliphatic carbocycles. The molecular formula is C21H27BrN4O. The Hall–Kier alpha value is -2.21. The number of hydrogen-bond acceptors (Lipinski definition) is 5. The van der Waals surface area contributed by atoms with E-state index in [-0.39, 0.29) is 5.78 Å². The summed E-state index contributed by atoms with van der Waals surface area (Å²) in [6.45, 7) is 8.94. The largest absolute Gasteiger partial charge is 0.383 e. The second-order valence-electron chi connectivity index (χ2n) is 6.95. The molecule has 0 radical (unpaired) electrons. The number of halogens is 1. The van der Waals surface area contributed by atoms with Crippen LogP contribution >= 0.6 is 15.9 Å². The number of aryl methyl sites for hydroxylation is 1. The van der Waals surface area contributed by atoms with Crippen LogP contribution in [0.4, 0.5) is 11.6 Å². The molecule has 0 unspecified atom stereocenters. The number of allylic oxidation sites excluding steroid dienone is 1. The SMILES string of the molecule is CCN(c1nc(C)cc(C(=O)/C=C/N(C)C)n1)c1ccc(C(C)C)cc1Br. The number of carbonyl (C=O) groups excluding carboxylic acids is 1. The Labute approximate surface area is 170 Å². The van der Waals surface area contributed by atoms with E-state index in [1.54, 1.807) is 12.3 Å². The van der Waals surface area contributed by atoms with Crippen molar-refractivity contribution in [3.8, 4) is 0 Å². The minimum Gasteiger partial charge on any atom is -0.383 e. The molecule has 6 heteroatoms. The molecule has 27 heavy (non-hydrogen) atoms. The molecule has 0 aliphatic rings. The smallest absolute Gasteiger partial charge is 0.230 e. The summed E-state index contributed by atoms with van der Waals surface area (Å²) in [5.74, 6) is 0.839. The summed E-state index contributed by atoms with van der Waals surface area (Å²) in [5, 5.41) is 0. The first-order valence-electron chi connectivity index (χ1n) is 9.04. The molecule has 0 fully saturated rings. The fourth-order valence-electron chi connectivity index (χ4n) is 2.62. The third kappa shape index (κ3) is 5.39. The lowest BCUT2D eigenvalue weighted by atomic mass is 10.0. The zero-order valence-electron chi connectivity index (χ0n) is 16.8. The molecule has 1 heterocycles. The summed E-state index contributed by atoms with van der Waals surface area (Å²) in [6, 6.07) is 8.04. The van der Waals surface area contributed by atoms with Crippen LogP contribution in [0.25, 0.3) is 0 Å². The van der Waals surface area contributed by atoms with Crippen LogP contribution in [0.2, 0.25) is 0 Å². The Balaban J connectivity index is 2.44. The van der Waals surface area contributed by atoms with Crippen LogP contribution in [0.5, 0.6) is 0 Å². The van der Waals surface area contributed by atoms with Gasteiger partial charge in [0.2, 0.25) is 11.7 Å². The highest BCUT2D eigenvalue weighted by Gasteiger charge is 2.17. The molecule has 0 spiro atoms. The van der Waals surface area contributed by atoms with Crippen molar-refractivity contribution >= 4 is 33.3 Å². The molecule has 0 amide bonds. The van der Waals surface area contributed by atoms with E-state index in [0.717, 1.165) is 15.9 Å². The van der Waals surface area contributed by atoms with E-state index in [2.05, 4.69) is 57.9 Å². The van der Waals surface area contributed by atoms with Gasteiger partial charge in [0, 0.05) is 43.1 Å². The monoisotopic (exact) mass is 430 g/mol. The average molecular weight is 431 g/mol. The van der Waals surface area contributed by atoms with Crippen LogP contribution in [0.3, 0.4) is 0 Å². The Bertz CT molecular complexity index is 846. The number of aromatic nitrogens is 2. The maximum absolute atomic E-state index is 12.5. The first-order valence-corrected chi connectivity index (χ1v) is 9.83. The van der Waals surface area contributed by atoms with Crippen LogP contribution in [0, 0.1) is 6.92 Å². The second kappa shape index (κ2) is 9.13. The van der Waals surface area contributed by atoms with Crippen LogP contribution in [-0.4, -0.2) is 41.3 Å². The van der Waals surface area contributed by atoms with Gasteiger partial charge < -0.3 is 9.80 Å². The molecule has 0 saturated carbocycles. The van der Waals surface area contributed by atoms with Crippen molar-refractivity contribution in [3.63, 3.8) is 0 Å². The number of carbonyl (C=O) groups is 1. The first-order chi connectivity index (χ1) is 12.7. The number of hydrogen-bond donors (Lipinski definition) is 0. The number of ketones is 1. The molecule has 0 bridgehead atoms. The van der Waals surface area contributed by atoms with Crippen molar-refractivity contribution in [2.24, 2.45) is 0 Å². The van der Waals surface area contributed by atoms with E-state index in [9.17, 15) is 4.79 Å². The molecule has 0 aliphatic heterocycles. The summed E-state index contributed by atoms with van der Waals surface area (Å²) in [4.78, 5) is 25.4. The zero-order valence-corrected chi connectivity index (χ0v) is 18.4. The van der Waals surface area contributed by atoms with E-state index < -0.39 is 0 Å². The van der Waals surface area contributed by atoms with Gasteiger partial charge >= 0.3 is 0 Å². The Kier molecular flexibility index (Phi) is 7.13. The molecule has 2 aromatic rings. The molecule has 144 valence electrons. The standard InChI is InChI=1S/C21H27BrN4O/c1-7-26(19-9-8-16(14(2)3)13-17(19)22)21-23-15(4)12-18(24-21)20(27)10-11-25(5)6/h8-14H,7H2,1-6H3/b11-10+. The van der Waals surface area contributed by atoms with E-state index in [1.165, 1.54) is 11.6 Å². The Morgan fingerprint density at radius 3 is 2.48 bits per heavy atom. The number of anilines is 2. The molecule has 0 N–H and O–H groups in total. The van der Waals surface area contributed by atoms with Gasteiger partial charge in [0.1, 0.15) is 5.69 Å². The van der Waals surface area contributed by atoms with Gasteiger partial charge in [0.15, 0.2) is 0 Å². The third-order valence-corrected chi connectivity index (χ3v) is 4.74. The molecule has 2 rings (SSSR count). The molecular weight excluding hydrogens is 404 g/mol. The summed E-state index contributed by atoms with van der Waals surface area (Å²) in [7, 11) is 3.75. The van der Waals surface area contributed by atoms with Crippen LogP contribution < -0.4 is 4.90 Å². The van der Waals surface area contributed by atoms with Gasteiger partial charge in [-0.3, -0.25) is 4.79 Å². The van der Waals surface area contributed by atoms with Crippen molar-refractivity contribution in [1.29, 1.82) is 0 Å². The fraction of sp³-hybridized carbons (Fsp3) is 0.381. The van der Waals surface area contributed by atoms with E-state index in [4.69, 9.17) is 0 Å². The van der Waals surface area contributed by atoms with Gasteiger partial charge in [-0.25, -0.2) is 9.97 Å². The van der Waals surface area contributed by atoms with E-state index in [1.807, 2.05) is 37.7 Å². The topological polar surface area (TPSA) is 49.3 Å².